The molecule has 1 aromatic rings. The molecule has 3 atom stereocenters. The zero-order valence-electron chi connectivity index (χ0n) is 10.1. The summed E-state index contributed by atoms with van der Waals surface area (Å²) < 4.78 is 10.9. The van der Waals surface area contributed by atoms with Gasteiger partial charge in [0, 0.05) is 5.92 Å². The van der Waals surface area contributed by atoms with Gasteiger partial charge in [0.05, 0.1) is 6.17 Å². The van der Waals surface area contributed by atoms with Crippen molar-refractivity contribution in [3.8, 4) is 11.5 Å². The van der Waals surface area contributed by atoms with Crippen molar-refractivity contribution in [3.63, 3.8) is 0 Å². The van der Waals surface area contributed by atoms with Crippen LogP contribution >= 0.6 is 0 Å². The van der Waals surface area contributed by atoms with Crippen LogP contribution in [-0.2, 0) is 4.79 Å². The number of fused-ring (bicyclic) bond motifs is 1. The molecule has 1 fully saturated rings. The molecular weight excluding hydrogens is 250 g/mol. The van der Waals surface area contributed by atoms with Gasteiger partial charge in [-0.2, -0.15) is 0 Å². The molecule has 0 saturated carbocycles. The summed E-state index contributed by atoms with van der Waals surface area (Å²) >= 11 is 0. The number of aliphatic carboxylic acids is 1. The normalized spacial score (nSPS) is 29.2. The molecule has 3 rings (SSSR count). The molecular formula is C12H15N3O4. The minimum absolute atomic E-state index is 0.367. The Balaban J connectivity index is 1.94. The molecule has 3 unspecified atom stereocenters. The Morgan fingerprint density at radius 1 is 1.26 bits per heavy atom. The number of carbonyl (C=O) groups is 1. The lowest BCUT2D eigenvalue weighted by Crippen LogP contribution is -2.39. The fourth-order valence-electron chi connectivity index (χ4n) is 2.46. The van der Waals surface area contributed by atoms with E-state index >= 15 is 0 Å². The molecule has 1 saturated heterocycles. The first-order valence-electron chi connectivity index (χ1n) is 6.06. The van der Waals surface area contributed by atoms with Crippen LogP contribution in [0.2, 0.25) is 0 Å². The van der Waals surface area contributed by atoms with Crippen LogP contribution < -0.4 is 26.1 Å². The Morgan fingerprint density at radius 3 is 2.74 bits per heavy atom. The summed E-state index contributed by atoms with van der Waals surface area (Å²) in [6, 6.07) is 4.64. The van der Waals surface area contributed by atoms with Gasteiger partial charge in [-0.25, -0.2) is 10.9 Å². The van der Waals surface area contributed by atoms with Crippen LogP contribution in [0.3, 0.4) is 0 Å². The smallest absolute Gasteiger partial charge is 0.322 e. The van der Waals surface area contributed by atoms with Crippen molar-refractivity contribution in [1.29, 1.82) is 0 Å². The van der Waals surface area contributed by atoms with Crippen molar-refractivity contribution in [3.05, 3.63) is 23.8 Å². The minimum atomic E-state index is -0.944. The highest BCUT2D eigenvalue weighted by Gasteiger charge is 2.39. The van der Waals surface area contributed by atoms with Crippen LogP contribution in [0.15, 0.2) is 18.2 Å². The number of nitrogens with one attached hydrogen (secondary N) is 2. The van der Waals surface area contributed by atoms with Crippen molar-refractivity contribution in [2.45, 2.75) is 18.1 Å². The van der Waals surface area contributed by atoms with Gasteiger partial charge >= 0.3 is 5.97 Å². The third-order valence-electron chi connectivity index (χ3n) is 3.37. The first-order chi connectivity index (χ1) is 9.16. The highest BCUT2D eigenvalue weighted by Crippen LogP contribution is 2.35. The van der Waals surface area contributed by atoms with Crippen LogP contribution in [0.4, 0.5) is 0 Å². The van der Waals surface area contributed by atoms with E-state index in [1.54, 1.807) is 12.1 Å². The van der Waals surface area contributed by atoms with Crippen LogP contribution in [0.25, 0.3) is 0 Å². The standard InChI is InChI=1S/C12H15N3O4/c13-11-9(10(12(16)17)14-15-11)6-1-2-7-8(5-6)19-4-3-18-7/h1-2,5,9-11,14-15H,3-4,13H2,(H,16,17). The van der Waals surface area contributed by atoms with Gasteiger partial charge in [0.25, 0.3) is 0 Å². The second-order valence-corrected chi connectivity index (χ2v) is 4.56. The number of benzene rings is 1. The molecule has 1 aromatic carbocycles. The van der Waals surface area contributed by atoms with Crippen molar-refractivity contribution >= 4 is 5.97 Å². The van der Waals surface area contributed by atoms with Crippen molar-refractivity contribution < 1.29 is 19.4 Å². The molecule has 0 spiro atoms. The Hall–Kier alpha value is -1.83. The lowest BCUT2D eigenvalue weighted by Gasteiger charge is -2.22. The Kier molecular flexibility index (Phi) is 3.02. The highest BCUT2D eigenvalue weighted by molar-refractivity contribution is 5.75. The van der Waals surface area contributed by atoms with Gasteiger partial charge in [0.15, 0.2) is 11.5 Å². The highest BCUT2D eigenvalue weighted by atomic mass is 16.6. The van der Waals surface area contributed by atoms with Gasteiger partial charge in [0.1, 0.15) is 19.3 Å². The van der Waals surface area contributed by atoms with E-state index in [0.29, 0.717) is 24.7 Å². The van der Waals surface area contributed by atoms with E-state index in [4.69, 9.17) is 15.2 Å². The predicted molar refractivity (Wildman–Crippen MR) is 65.8 cm³/mol. The average molecular weight is 265 g/mol. The number of hydrogen-bond donors (Lipinski definition) is 4. The summed E-state index contributed by atoms with van der Waals surface area (Å²) in [4.78, 5) is 11.2. The van der Waals surface area contributed by atoms with E-state index in [1.807, 2.05) is 6.07 Å². The number of hydrogen-bond acceptors (Lipinski definition) is 6. The number of hydrazine groups is 1. The summed E-state index contributed by atoms with van der Waals surface area (Å²) in [6.45, 7) is 1.02. The first-order valence-corrected chi connectivity index (χ1v) is 6.06. The third-order valence-corrected chi connectivity index (χ3v) is 3.37. The van der Waals surface area contributed by atoms with Crippen molar-refractivity contribution in [1.82, 2.24) is 10.9 Å². The number of rotatable bonds is 2. The third kappa shape index (κ3) is 2.12. The molecule has 0 radical (unpaired) electrons. The summed E-state index contributed by atoms with van der Waals surface area (Å²) in [5.74, 6) is -0.00461. The summed E-state index contributed by atoms with van der Waals surface area (Å²) in [7, 11) is 0. The molecule has 102 valence electrons. The zero-order valence-corrected chi connectivity index (χ0v) is 10.1. The number of ether oxygens (including phenoxy) is 2. The number of carboxylic acid groups (broad SMARTS) is 1. The molecule has 0 bridgehead atoms. The van der Waals surface area contributed by atoms with Gasteiger partial charge in [0.2, 0.25) is 0 Å². The summed E-state index contributed by atoms with van der Waals surface area (Å²) in [6.07, 6.45) is -0.469. The fraction of sp³-hybridized carbons (Fsp3) is 0.417. The molecule has 0 amide bonds. The van der Waals surface area contributed by atoms with Crippen molar-refractivity contribution in [2.24, 2.45) is 5.73 Å². The van der Waals surface area contributed by atoms with Gasteiger partial charge in [-0.15, -0.1) is 0 Å². The Morgan fingerprint density at radius 2 is 2.00 bits per heavy atom. The molecule has 5 N–H and O–H groups in total. The lowest BCUT2D eigenvalue weighted by atomic mass is 9.90. The maximum atomic E-state index is 11.2. The molecule has 0 aromatic heterocycles. The molecule has 2 heterocycles. The molecule has 19 heavy (non-hydrogen) atoms. The van der Waals surface area contributed by atoms with Crippen LogP contribution in [0, 0.1) is 0 Å². The van der Waals surface area contributed by atoms with Crippen LogP contribution in [0.5, 0.6) is 11.5 Å². The van der Waals surface area contributed by atoms with E-state index < -0.39 is 18.2 Å². The molecule has 2 aliphatic heterocycles. The first kappa shape index (κ1) is 12.2. The monoisotopic (exact) mass is 265 g/mol. The maximum absolute atomic E-state index is 11.2. The fourth-order valence-corrected chi connectivity index (χ4v) is 2.46. The average Bonchev–Trinajstić information content (AvgIpc) is 2.80. The van der Waals surface area contributed by atoms with Gasteiger partial charge in [-0.1, -0.05) is 6.07 Å². The van der Waals surface area contributed by atoms with Crippen LogP contribution in [0.1, 0.15) is 11.5 Å². The quantitative estimate of drug-likeness (QED) is 0.565. The van der Waals surface area contributed by atoms with Crippen LogP contribution in [-0.4, -0.2) is 36.5 Å². The topological polar surface area (TPSA) is 106 Å². The lowest BCUT2D eigenvalue weighted by molar-refractivity contribution is -0.139. The minimum Gasteiger partial charge on any atom is -0.486 e. The second kappa shape index (κ2) is 4.69. The van der Waals surface area contributed by atoms with Crippen molar-refractivity contribution in [2.75, 3.05) is 13.2 Å². The molecule has 7 nitrogen and oxygen atoms in total. The largest absolute Gasteiger partial charge is 0.486 e. The van der Waals surface area contributed by atoms with Gasteiger partial charge in [-0.05, 0) is 17.7 Å². The van der Waals surface area contributed by atoms with E-state index in [2.05, 4.69) is 10.9 Å². The van der Waals surface area contributed by atoms with E-state index in [-0.39, 0.29) is 5.92 Å². The number of carboxylic acids is 1. The SMILES string of the molecule is NC1NNC(C(=O)O)C1c1ccc2c(c1)OCCO2. The maximum Gasteiger partial charge on any atom is 0.322 e. The second-order valence-electron chi connectivity index (χ2n) is 4.56. The summed E-state index contributed by atoms with van der Waals surface area (Å²) in [5.41, 5.74) is 12.2. The summed E-state index contributed by atoms with van der Waals surface area (Å²) in [5, 5.41) is 9.19. The molecule has 7 heteroatoms. The Bertz CT molecular complexity index is 508. The van der Waals surface area contributed by atoms with Gasteiger partial charge < -0.3 is 20.3 Å². The molecule has 2 aliphatic rings. The van der Waals surface area contributed by atoms with Gasteiger partial charge in [-0.3, -0.25) is 4.79 Å². The Labute approximate surface area is 109 Å². The van der Waals surface area contributed by atoms with E-state index in [9.17, 15) is 9.90 Å². The van der Waals surface area contributed by atoms with E-state index in [1.165, 1.54) is 0 Å². The predicted octanol–water partition coefficient (Wildman–Crippen LogP) is -0.613. The molecule has 0 aliphatic carbocycles. The zero-order chi connectivity index (χ0) is 13.4. The van der Waals surface area contributed by atoms with E-state index in [0.717, 1.165) is 5.56 Å². The number of nitrogens with two attached hydrogens (primary N) is 1.